The van der Waals surface area contributed by atoms with Crippen LogP contribution in [0.4, 0.5) is 0 Å². The number of allylic oxidation sites excluding steroid dienone is 5. The maximum atomic E-state index is 12.9. The summed E-state index contributed by atoms with van der Waals surface area (Å²) in [5, 5.41) is 13.9. The van der Waals surface area contributed by atoms with Crippen LogP contribution in [-0.2, 0) is 18.4 Å². The molecule has 0 aliphatic carbocycles. The molecule has 0 aromatic heterocycles. The highest BCUT2D eigenvalue weighted by Gasteiger charge is 2.23. The van der Waals surface area contributed by atoms with Crippen molar-refractivity contribution in [1.82, 2.24) is 5.32 Å². The van der Waals surface area contributed by atoms with E-state index >= 15 is 0 Å². The summed E-state index contributed by atoms with van der Waals surface area (Å²) < 4.78 is 23.3. The van der Waals surface area contributed by atoms with Gasteiger partial charge in [0, 0.05) is 6.42 Å². The van der Waals surface area contributed by atoms with E-state index in [-0.39, 0.29) is 12.5 Å². The van der Waals surface area contributed by atoms with Gasteiger partial charge in [0.15, 0.2) is 0 Å². The Morgan fingerprint density at radius 2 is 0.800 bits per heavy atom. The molecular formula is C61H119N2O6P. The number of aliphatic hydroxyl groups is 1. The summed E-state index contributed by atoms with van der Waals surface area (Å²) in [5.74, 6) is -0.213. The highest BCUT2D eigenvalue weighted by molar-refractivity contribution is 7.45. The number of hydrogen-bond donors (Lipinski definition) is 2. The highest BCUT2D eigenvalue weighted by atomic mass is 31.2. The number of nitrogens with one attached hydrogen (secondary N) is 1. The molecule has 0 radical (unpaired) electrons. The van der Waals surface area contributed by atoms with Crippen LogP contribution in [0.2, 0.25) is 0 Å². The lowest BCUT2D eigenvalue weighted by atomic mass is 10.0. The van der Waals surface area contributed by atoms with Gasteiger partial charge in [0.25, 0.3) is 7.82 Å². The van der Waals surface area contributed by atoms with E-state index in [9.17, 15) is 19.4 Å². The smallest absolute Gasteiger partial charge is 0.268 e. The van der Waals surface area contributed by atoms with Crippen LogP contribution in [0.1, 0.15) is 296 Å². The average Bonchev–Trinajstić information content (AvgIpc) is 3.32. The first-order valence-electron chi connectivity index (χ1n) is 30.4. The molecule has 2 N–H and O–H groups in total. The Balaban J connectivity index is 4.12. The van der Waals surface area contributed by atoms with E-state index < -0.39 is 26.6 Å². The van der Waals surface area contributed by atoms with Gasteiger partial charge in [0.1, 0.15) is 13.2 Å². The second-order valence-electron chi connectivity index (χ2n) is 22.0. The van der Waals surface area contributed by atoms with Crippen molar-refractivity contribution >= 4 is 13.7 Å². The first kappa shape index (κ1) is 68.7. The van der Waals surface area contributed by atoms with Gasteiger partial charge in [-0.15, -0.1) is 0 Å². The fourth-order valence-electron chi connectivity index (χ4n) is 9.05. The minimum atomic E-state index is -4.61. The van der Waals surface area contributed by atoms with Gasteiger partial charge in [-0.25, -0.2) is 0 Å². The van der Waals surface area contributed by atoms with Crippen molar-refractivity contribution in [3.05, 3.63) is 36.5 Å². The number of rotatable bonds is 56. The number of aliphatic hydroxyl groups excluding tert-OH is 1. The number of carbonyl (C=O) groups is 1. The first-order valence-corrected chi connectivity index (χ1v) is 31.8. The number of nitrogens with zero attached hydrogens (tertiary/aromatic N) is 1. The molecule has 0 aliphatic rings. The fraction of sp³-hybridized carbons (Fsp3) is 0.885. The molecule has 0 aromatic carbocycles. The van der Waals surface area contributed by atoms with E-state index in [1.54, 1.807) is 6.08 Å². The summed E-state index contributed by atoms with van der Waals surface area (Å²) in [6.07, 6.45) is 68.2. The summed E-state index contributed by atoms with van der Waals surface area (Å²) >= 11 is 0. The van der Waals surface area contributed by atoms with E-state index in [4.69, 9.17) is 9.05 Å². The largest absolute Gasteiger partial charge is 0.756 e. The average molecular weight is 1010 g/mol. The Labute approximate surface area is 436 Å². The van der Waals surface area contributed by atoms with Gasteiger partial charge in [0.2, 0.25) is 5.91 Å². The number of phosphoric ester groups is 1. The number of hydrogen-bond acceptors (Lipinski definition) is 6. The van der Waals surface area contributed by atoms with Crippen LogP contribution in [0.25, 0.3) is 0 Å². The molecule has 3 unspecified atom stereocenters. The van der Waals surface area contributed by atoms with Crippen molar-refractivity contribution in [2.45, 2.75) is 309 Å². The number of quaternary nitrogens is 1. The van der Waals surface area contributed by atoms with Crippen LogP contribution in [-0.4, -0.2) is 68.5 Å². The molecule has 3 atom stereocenters. The topological polar surface area (TPSA) is 108 Å². The number of phosphoric acid groups is 1. The molecule has 0 aromatic rings. The quantitative estimate of drug-likeness (QED) is 0.0272. The van der Waals surface area contributed by atoms with E-state index in [2.05, 4.69) is 43.5 Å². The van der Waals surface area contributed by atoms with E-state index in [0.29, 0.717) is 17.4 Å². The van der Waals surface area contributed by atoms with Crippen LogP contribution in [0, 0.1) is 0 Å². The second-order valence-corrected chi connectivity index (χ2v) is 23.5. The third-order valence-electron chi connectivity index (χ3n) is 13.8. The van der Waals surface area contributed by atoms with E-state index in [1.165, 1.54) is 225 Å². The predicted octanol–water partition coefficient (Wildman–Crippen LogP) is 17.9. The molecule has 414 valence electrons. The minimum Gasteiger partial charge on any atom is -0.756 e. The van der Waals surface area contributed by atoms with Gasteiger partial charge < -0.3 is 28.8 Å². The van der Waals surface area contributed by atoms with Crippen LogP contribution in [0.5, 0.6) is 0 Å². The number of carbonyl (C=O) groups excluding carboxylic acids is 1. The van der Waals surface area contributed by atoms with Crippen molar-refractivity contribution < 1.29 is 32.9 Å². The lowest BCUT2D eigenvalue weighted by Crippen LogP contribution is -2.45. The summed E-state index contributed by atoms with van der Waals surface area (Å²) in [6, 6.07) is -0.908. The summed E-state index contributed by atoms with van der Waals surface area (Å²) in [7, 11) is 1.25. The van der Waals surface area contributed by atoms with Crippen molar-refractivity contribution in [2.75, 3.05) is 40.9 Å². The highest BCUT2D eigenvalue weighted by Crippen LogP contribution is 2.38. The summed E-state index contributed by atoms with van der Waals surface area (Å²) in [4.78, 5) is 25.5. The molecule has 9 heteroatoms. The van der Waals surface area contributed by atoms with Crippen molar-refractivity contribution in [3.63, 3.8) is 0 Å². The maximum Gasteiger partial charge on any atom is 0.268 e. The Hall–Kier alpha value is -1.28. The van der Waals surface area contributed by atoms with Crippen LogP contribution < -0.4 is 10.2 Å². The second kappa shape index (κ2) is 52.6. The molecule has 70 heavy (non-hydrogen) atoms. The van der Waals surface area contributed by atoms with Crippen LogP contribution in [0.3, 0.4) is 0 Å². The van der Waals surface area contributed by atoms with Gasteiger partial charge in [-0.1, -0.05) is 269 Å². The van der Waals surface area contributed by atoms with Gasteiger partial charge >= 0.3 is 0 Å². The zero-order chi connectivity index (χ0) is 51.3. The molecule has 0 bridgehead atoms. The minimum absolute atomic E-state index is 0.00742. The first-order chi connectivity index (χ1) is 34.0. The molecule has 1 amide bonds. The molecular weight excluding hydrogens is 888 g/mol. The summed E-state index contributed by atoms with van der Waals surface area (Å²) in [6.45, 7) is 4.65. The SMILES string of the molecule is CCCCCCCCC/C=C\CCCCCCCC(=O)NC(COP(=O)([O-])OCC[N+](C)(C)C)C(O)/C=C/CC/C=C/CCCCCCCCCCCCCCCCCCCCCCCCCCCC. The van der Waals surface area contributed by atoms with Gasteiger partial charge in [-0.2, -0.15) is 0 Å². The molecule has 8 nitrogen and oxygen atoms in total. The number of unbranched alkanes of at least 4 members (excludes halogenated alkanes) is 39. The van der Waals surface area contributed by atoms with Gasteiger partial charge in [-0.3, -0.25) is 9.36 Å². The molecule has 0 saturated heterocycles. The molecule has 0 rings (SSSR count). The monoisotopic (exact) mass is 1010 g/mol. The van der Waals surface area contributed by atoms with Crippen LogP contribution in [0.15, 0.2) is 36.5 Å². The third kappa shape index (κ3) is 54.5. The normalized spacial score (nSPS) is 14.1. The maximum absolute atomic E-state index is 12.9. The Bertz CT molecular complexity index is 1230. The van der Waals surface area contributed by atoms with Crippen LogP contribution >= 0.6 is 7.82 Å². The Morgan fingerprint density at radius 1 is 0.486 bits per heavy atom. The zero-order valence-electron chi connectivity index (χ0n) is 47.2. The Morgan fingerprint density at radius 3 is 1.16 bits per heavy atom. The number of amides is 1. The van der Waals surface area contributed by atoms with Crippen molar-refractivity contribution in [2.24, 2.45) is 0 Å². The van der Waals surface area contributed by atoms with Crippen molar-refractivity contribution in [3.8, 4) is 0 Å². The fourth-order valence-corrected chi connectivity index (χ4v) is 9.77. The van der Waals surface area contributed by atoms with E-state index in [0.717, 1.165) is 51.4 Å². The molecule has 0 heterocycles. The van der Waals surface area contributed by atoms with Gasteiger partial charge in [0.05, 0.1) is 39.9 Å². The number of likely N-dealkylation sites (N-methyl/N-ethyl adjacent to an activating group) is 1. The molecule has 0 spiro atoms. The standard InChI is InChI=1S/C61H119N2O6P/c1-6-8-10-12-14-16-18-20-22-24-25-26-27-28-29-30-31-32-33-34-35-36-37-38-39-40-42-44-46-48-50-52-54-60(64)59(58-69-70(66,67)68-57-56-63(3,4)5)62-61(65)55-53-51-49-47-45-43-41-23-21-19-17-15-13-11-9-7-2/h23,41,44,46,52,54,59-60,64H,6-22,24-40,42-43,45,47-51,53,55-58H2,1-5H3,(H-,62,65,66,67)/b41-23-,46-44+,54-52+. The Kier molecular flexibility index (Phi) is 51.6. The van der Waals surface area contributed by atoms with Crippen molar-refractivity contribution in [1.29, 1.82) is 0 Å². The lowest BCUT2D eigenvalue weighted by Gasteiger charge is -2.29. The third-order valence-corrected chi connectivity index (χ3v) is 14.8. The summed E-state index contributed by atoms with van der Waals surface area (Å²) in [5.41, 5.74) is 0. The zero-order valence-corrected chi connectivity index (χ0v) is 48.1. The van der Waals surface area contributed by atoms with Gasteiger partial charge in [-0.05, 0) is 57.8 Å². The molecule has 0 fully saturated rings. The predicted molar refractivity (Wildman–Crippen MR) is 302 cm³/mol. The molecule has 0 aliphatic heterocycles. The lowest BCUT2D eigenvalue weighted by molar-refractivity contribution is -0.870. The molecule has 0 saturated carbocycles. The van der Waals surface area contributed by atoms with E-state index in [1.807, 2.05) is 27.2 Å².